The van der Waals surface area contributed by atoms with Gasteiger partial charge in [-0.05, 0) is 49.6 Å². The first-order valence-corrected chi connectivity index (χ1v) is 9.27. The van der Waals surface area contributed by atoms with Gasteiger partial charge in [-0.3, -0.25) is 9.59 Å². The third kappa shape index (κ3) is 4.48. The lowest BCUT2D eigenvalue weighted by Crippen LogP contribution is -2.51. The number of amides is 2. The minimum Gasteiger partial charge on any atom is -0.497 e. The summed E-state index contributed by atoms with van der Waals surface area (Å²) in [7, 11) is 1.62. The average Bonchev–Trinajstić information content (AvgIpc) is 2.72. The van der Waals surface area contributed by atoms with Crippen molar-refractivity contribution in [3.63, 3.8) is 0 Å². The first-order valence-electron chi connectivity index (χ1n) is 9.27. The maximum atomic E-state index is 12.9. The molecule has 0 aromatic heterocycles. The zero-order chi connectivity index (χ0) is 19.3. The van der Waals surface area contributed by atoms with Gasteiger partial charge in [0, 0.05) is 25.2 Å². The Balaban J connectivity index is 1.64. The Bertz CT molecular complexity index is 806. The molecule has 1 fully saturated rings. The summed E-state index contributed by atoms with van der Waals surface area (Å²) in [6.07, 6.45) is 1.59. The fraction of sp³-hybridized carbons (Fsp3) is 0.364. The van der Waals surface area contributed by atoms with Crippen LogP contribution < -0.4 is 10.1 Å². The SMILES string of the molecule is COc1cccc(CNC(=O)[C@]2(C)CCCN(C(=O)c3ccccc3)C2)c1. The summed E-state index contributed by atoms with van der Waals surface area (Å²) in [6, 6.07) is 16.9. The highest BCUT2D eigenvalue weighted by atomic mass is 16.5. The van der Waals surface area contributed by atoms with E-state index >= 15 is 0 Å². The Morgan fingerprint density at radius 1 is 1.15 bits per heavy atom. The summed E-state index contributed by atoms with van der Waals surface area (Å²) in [5.74, 6) is 0.739. The highest BCUT2D eigenvalue weighted by molar-refractivity contribution is 5.95. The highest BCUT2D eigenvalue weighted by Crippen LogP contribution is 2.30. The van der Waals surface area contributed by atoms with Crippen molar-refractivity contribution in [1.29, 1.82) is 0 Å². The van der Waals surface area contributed by atoms with Gasteiger partial charge in [0.05, 0.1) is 12.5 Å². The molecule has 1 heterocycles. The molecule has 0 spiro atoms. The number of carbonyl (C=O) groups is 2. The number of nitrogens with one attached hydrogen (secondary N) is 1. The largest absolute Gasteiger partial charge is 0.497 e. The van der Waals surface area contributed by atoms with E-state index in [9.17, 15) is 9.59 Å². The molecule has 1 atom stereocenters. The summed E-state index contributed by atoms with van der Waals surface area (Å²) >= 11 is 0. The van der Waals surface area contributed by atoms with Crippen LogP contribution in [0.1, 0.15) is 35.7 Å². The number of piperidine rings is 1. The van der Waals surface area contributed by atoms with Crippen LogP contribution in [0, 0.1) is 5.41 Å². The lowest BCUT2D eigenvalue weighted by atomic mass is 9.80. The van der Waals surface area contributed by atoms with Gasteiger partial charge in [0.1, 0.15) is 5.75 Å². The van der Waals surface area contributed by atoms with Crippen LogP contribution in [-0.2, 0) is 11.3 Å². The molecular weight excluding hydrogens is 340 g/mol. The Morgan fingerprint density at radius 3 is 2.67 bits per heavy atom. The minimum absolute atomic E-state index is 0.0119. The third-order valence-corrected chi connectivity index (χ3v) is 5.14. The maximum Gasteiger partial charge on any atom is 0.253 e. The number of carbonyl (C=O) groups excluding carboxylic acids is 2. The van der Waals surface area contributed by atoms with Crippen molar-refractivity contribution in [2.75, 3.05) is 20.2 Å². The van der Waals surface area contributed by atoms with E-state index < -0.39 is 5.41 Å². The average molecular weight is 366 g/mol. The van der Waals surface area contributed by atoms with Crippen LogP contribution >= 0.6 is 0 Å². The van der Waals surface area contributed by atoms with Gasteiger partial charge >= 0.3 is 0 Å². The van der Waals surface area contributed by atoms with Crippen molar-refractivity contribution in [1.82, 2.24) is 10.2 Å². The molecule has 0 radical (unpaired) electrons. The maximum absolute atomic E-state index is 12.9. The number of rotatable bonds is 5. The van der Waals surface area contributed by atoms with E-state index in [1.54, 1.807) is 12.0 Å². The Morgan fingerprint density at radius 2 is 1.93 bits per heavy atom. The normalized spacial score (nSPS) is 19.4. The molecule has 2 aromatic rings. The molecule has 27 heavy (non-hydrogen) atoms. The Hall–Kier alpha value is -2.82. The molecule has 1 saturated heterocycles. The van der Waals surface area contributed by atoms with Crippen LogP contribution in [-0.4, -0.2) is 36.9 Å². The molecular formula is C22H26N2O3. The van der Waals surface area contributed by atoms with Crippen LogP contribution in [0.4, 0.5) is 0 Å². The number of benzene rings is 2. The summed E-state index contributed by atoms with van der Waals surface area (Å²) in [4.78, 5) is 27.4. The van der Waals surface area contributed by atoms with E-state index in [1.807, 2.05) is 61.5 Å². The zero-order valence-corrected chi connectivity index (χ0v) is 15.9. The highest BCUT2D eigenvalue weighted by Gasteiger charge is 2.39. The molecule has 1 aliphatic heterocycles. The van der Waals surface area contributed by atoms with E-state index in [-0.39, 0.29) is 11.8 Å². The molecule has 0 saturated carbocycles. The van der Waals surface area contributed by atoms with Crippen molar-refractivity contribution >= 4 is 11.8 Å². The molecule has 1 N–H and O–H groups in total. The van der Waals surface area contributed by atoms with Gasteiger partial charge in [0.2, 0.25) is 5.91 Å². The number of nitrogens with zero attached hydrogens (tertiary/aromatic N) is 1. The fourth-order valence-electron chi connectivity index (χ4n) is 3.54. The lowest BCUT2D eigenvalue weighted by molar-refractivity contribution is -0.132. The summed E-state index contributed by atoms with van der Waals surface area (Å²) in [6.45, 7) is 3.51. The molecule has 5 nitrogen and oxygen atoms in total. The van der Waals surface area contributed by atoms with Gasteiger partial charge in [0.25, 0.3) is 5.91 Å². The van der Waals surface area contributed by atoms with Gasteiger partial charge in [-0.2, -0.15) is 0 Å². The second kappa shape index (κ2) is 8.25. The van der Waals surface area contributed by atoms with E-state index in [0.29, 0.717) is 25.2 Å². The molecule has 2 amide bonds. The molecule has 1 aliphatic rings. The molecule has 0 aliphatic carbocycles. The molecule has 0 unspecified atom stereocenters. The number of hydrogen-bond acceptors (Lipinski definition) is 3. The van der Waals surface area contributed by atoms with Gasteiger partial charge in [0.15, 0.2) is 0 Å². The topological polar surface area (TPSA) is 58.6 Å². The fourth-order valence-corrected chi connectivity index (χ4v) is 3.54. The van der Waals surface area contributed by atoms with Gasteiger partial charge in [-0.15, -0.1) is 0 Å². The van der Waals surface area contributed by atoms with Crippen molar-refractivity contribution in [2.24, 2.45) is 5.41 Å². The quantitative estimate of drug-likeness (QED) is 0.884. The predicted octanol–water partition coefficient (Wildman–Crippen LogP) is 3.25. The lowest BCUT2D eigenvalue weighted by Gasteiger charge is -2.39. The molecule has 2 aromatic carbocycles. The second-order valence-electron chi connectivity index (χ2n) is 7.29. The van der Waals surface area contributed by atoms with Crippen LogP contribution in [0.15, 0.2) is 54.6 Å². The molecule has 5 heteroatoms. The van der Waals surface area contributed by atoms with Crippen molar-refractivity contribution < 1.29 is 14.3 Å². The molecule has 142 valence electrons. The van der Waals surface area contributed by atoms with E-state index in [1.165, 1.54) is 0 Å². The van der Waals surface area contributed by atoms with Crippen LogP contribution in [0.5, 0.6) is 5.75 Å². The summed E-state index contributed by atoms with van der Waals surface area (Å²) < 4.78 is 5.22. The Kier molecular flexibility index (Phi) is 5.79. The number of ether oxygens (including phenoxy) is 1. The smallest absolute Gasteiger partial charge is 0.253 e. The first kappa shape index (κ1) is 19.0. The second-order valence-corrected chi connectivity index (χ2v) is 7.29. The zero-order valence-electron chi connectivity index (χ0n) is 15.9. The van der Waals surface area contributed by atoms with Crippen molar-refractivity contribution in [3.05, 3.63) is 65.7 Å². The molecule has 3 rings (SSSR count). The van der Waals surface area contributed by atoms with Gasteiger partial charge in [-0.25, -0.2) is 0 Å². The number of hydrogen-bond donors (Lipinski definition) is 1. The third-order valence-electron chi connectivity index (χ3n) is 5.14. The van der Waals surface area contributed by atoms with E-state index in [2.05, 4.69) is 5.32 Å². The van der Waals surface area contributed by atoms with Gasteiger partial charge < -0.3 is 15.0 Å². The van der Waals surface area contributed by atoms with E-state index in [0.717, 1.165) is 24.2 Å². The predicted molar refractivity (Wildman–Crippen MR) is 105 cm³/mol. The monoisotopic (exact) mass is 366 g/mol. The molecule has 0 bridgehead atoms. The minimum atomic E-state index is -0.582. The van der Waals surface area contributed by atoms with Crippen molar-refractivity contribution in [2.45, 2.75) is 26.3 Å². The Labute approximate surface area is 160 Å². The van der Waals surface area contributed by atoms with Crippen LogP contribution in [0.3, 0.4) is 0 Å². The number of likely N-dealkylation sites (tertiary alicyclic amines) is 1. The van der Waals surface area contributed by atoms with Crippen LogP contribution in [0.25, 0.3) is 0 Å². The van der Waals surface area contributed by atoms with Crippen molar-refractivity contribution in [3.8, 4) is 5.75 Å². The summed E-state index contributed by atoms with van der Waals surface area (Å²) in [5, 5.41) is 3.03. The summed E-state index contributed by atoms with van der Waals surface area (Å²) in [5.41, 5.74) is 1.07. The van der Waals surface area contributed by atoms with Gasteiger partial charge in [-0.1, -0.05) is 30.3 Å². The van der Waals surface area contributed by atoms with E-state index in [4.69, 9.17) is 4.74 Å². The number of methoxy groups -OCH3 is 1. The first-order chi connectivity index (χ1) is 13.0. The standard InChI is InChI=1S/C22H26N2O3/c1-22(21(26)23-15-17-8-6-11-19(14-17)27-2)12-7-13-24(16-22)20(25)18-9-4-3-5-10-18/h3-6,8-11,14H,7,12-13,15-16H2,1-2H3,(H,23,26)/t22-/m1/s1. The van der Waals surface area contributed by atoms with Crippen LogP contribution in [0.2, 0.25) is 0 Å².